The van der Waals surface area contributed by atoms with E-state index in [0.717, 1.165) is 0 Å². The molecule has 7 heavy (non-hydrogen) atoms. The Morgan fingerprint density at radius 2 is 1.57 bits per heavy atom. The SMILES string of the molecule is Oc1ccc(O)[te]1. The molecule has 1 heterocycles. The molecule has 0 saturated heterocycles. The molecule has 0 bridgehead atoms. The van der Waals surface area contributed by atoms with Gasteiger partial charge in [-0.2, -0.15) is 0 Å². The predicted molar refractivity (Wildman–Crippen MR) is 26.7 cm³/mol. The summed E-state index contributed by atoms with van der Waals surface area (Å²) in [6.07, 6.45) is 0. The molecule has 1 aromatic heterocycles. The van der Waals surface area contributed by atoms with Gasteiger partial charge >= 0.3 is 50.3 Å². The van der Waals surface area contributed by atoms with Gasteiger partial charge < -0.3 is 0 Å². The van der Waals surface area contributed by atoms with Gasteiger partial charge in [0.05, 0.1) is 0 Å². The van der Waals surface area contributed by atoms with Crippen molar-refractivity contribution in [3.8, 4) is 7.53 Å². The Labute approximate surface area is 50.6 Å². The van der Waals surface area contributed by atoms with Crippen LogP contribution in [0.1, 0.15) is 0 Å². The van der Waals surface area contributed by atoms with Crippen LogP contribution in [-0.2, 0) is 0 Å². The number of rotatable bonds is 0. The van der Waals surface area contributed by atoms with Crippen molar-refractivity contribution >= 4 is 20.4 Å². The normalized spacial score (nSPS) is 9.14. The number of aromatic hydroxyl groups is 2. The maximum absolute atomic E-state index is 8.61. The Bertz CT molecular complexity index is 142. The molecule has 0 spiro atoms. The molecule has 1 aromatic rings. The van der Waals surface area contributed by atoms with Crippen LogP contribution in [0.2, 0.25) is 0 Å². The Hall–Kier alpha value is -0.130. The molecule has 0 atom stereocenters. The summed E-state index contributed by atoms with van der Waals surface area (Å²) in [6.45, 7) is 0. The van der Waals surface area contributed by atoms with Crippen molar-refractivity contribution in [2.45, 2.75) is 0 Å². The van der Waals surface area contributed by atoms with Gasteiger partial charge in [-0.15, -0.1) is 0 Å². The van der Waals surface area contributed by atoms with Gasteiger partial charge in [0.1, 0.15) is 0 Å². The summed E-state index contributed by atoms with van der Waals surface area (Å²) in [5, 5.41) is 17.2. The van der Waals surface area contributed by atoms with Crippen LogP contribution in [0.15, 0.2) is 12.1 Å². The van der Waals surface area contributed by atoms with Gasteiger partial charge in [-0.05, 0) is 0 Å². The second-order valence-electron chi connectivity index (χ2n) is 1.11. The van der Waals surface area contributed by atoms with Crippen LogP contribution in [-0.4, -0.2) is 30.6 Å². The van der Waals surface area contributed by atoms with Gasteiger partial charge in [-0.3, -0.25) is 0 Å². The predicted octanol–water partition coefficient (Wildman–Crippen LogP) is 0.155. The Morgan fingerprint density at radius 3 is 1.71 bits per heavy atom. The third-order valence-corrected chi connectivity index (χ3v) is 2.55. The molecule has 1 rings (SSSR count). The van der Waals surface area contributed by atoms with Crippen LogP contribution in [0, 0.1) is 0 Å². The Kier molecular flexibility index (Phi) is 1.27. The van der Waals surface area contributed by atoms with Gasteiger partial charge in [-0.25, -0.2) is 0 Å². The molecule has 0 aliphatic heterocycles. The van der Waals surface area contributed by atoms with E-state index in [2.05, 4.69) is 0 Å². The van der Waals surface area contributed by atoms with Crippen LogP contribution < -0.4 is 0 Å². The van der Waals surface area contributed by atoms with Crippen molar-refractivity contribution in [2.75, 3.05) is 0 Å². The molecular weight excluding hydrogens is 208 g/mol. The minimum atomic E-state index is -0.706. The first-order valence-corrected chi connectivity index (χ1v) is 4.10. The van der Waals surface area contributed by atoms with Crippen molar-refractivity contribution in [3.05, 3.63) is 12.1 Å². The van der Waals surface area contributed by atoms with Crippen LogP contribution in [0.25, 0.3) is 0 Å². The topological polar surface area (TPSA) is 40.5 Å². The molecule has 38 valence electrons. The van der Waals surface area contributed by atoms with E-state index in [1.807, 2.05) is 0 Å². The third-order valence-electron chi connectivity index (χ3n) is 0.578. The number of hydrogen-bond donors (Lipinski definition) is 2. The summed E-state index contributed by atoms with van der Waals surface area (Å²) in [6, 6.07) is 3.08. The van der Waals surface area contributed by atoms with Gasteiger partial charge in [0.15, 0.2) is 0 Å². The zero-order chi connectivity index (χ0) is 5.28. The van der Waals surface area contributed by atoms with Gasteiger partial charge in [0.2, 0.25) is 0 Å². The average molecular weight is 212 g/mol. The molecule has 2 nitrogen and oxygen atoms in total. The summed E-state index contributed by atoms with van der Waals surface area (Å²) in [7, 11) is 0. The van der Waals surface area contributed by atoms with E-state index in [9.17, 15) is 0 Å². The van der Waals surface area contributed by atoms with Crippen molar-refractivity contribution < 1.29 is 10.2 Å². The first kappa shape index (κ1) is 5.02. The van der Waals surface area contributed by atoms with Crippen molar-refractivity contribution in [1.29, 1.82) is 0 Å². The molecule has 0 aliphatic rings. The molecule has 0 aliphatic carbocycles. The molecule has 3 heteroatoms. The fourth-order valence-electron chi connectivity index (χ4n) is 0.318. The monoisotopic (exact) mass is 214 g/mol. The van der Waals surface area contributed by atoms with E-state index in [1.165, 1.54) is 12.1 Å². The first-order valence-electron chi connectivity index (χ1n) is 1.77. The van der Waals surface area contributed by atoms with E-state index in [0.29, 0.717) is 7.53 Å². The quantitative estimate of drug-likeness (QED) is 0.600. The fourth-order valence-corrected chi connectivity index (χ4v) is 1.71. The average Bonchev–Trinajstić information content (AvgIpc) is 1.87. The summed E-state index contributed by atoms with van der Waals surface area (Å²) >= 11 is -0.706. The van der Waals surface area contributed by atoms with E-state index in [4.69, 9.17) is 10.2 Å². The van der Waals surface area contributed by atoms with E-state index in [1.54, 1.807) is 0 Å². The molecular formula is C4H4O2Te. The molecule has 0 radical (unpaired) electrons. The van der Waals surface area contributed by atoms with E-state index < -0.39 is 20.4 Å². The van der Waals surface area contributed by atoms with Gasteiger partial charge in [0.25, 0.3) is 0 Å². The molecule has 0 amide bonds. The maximum atomic E-state index is 8.61. The third kappa shape index (κ3) is 1.12. The van der Waals surface area contributed by atoms with Crippen LogP contribution in [0.3, 0.4) is 0 Å². The zero-order valence-corrected chi connectivity index (χ0v) is 5.79. The Morgan fingerprint density at radius 1 is 1.14 bits per heavy atom. The Balaban J connectivity index is 3.04. The second-order valence-corrected chi connectivity index (χ2v) is 4.08. The molecule has 0 unspecified atom stereocenters. The molecule has 0 aromatic carbocycles. The summed E-state index contributed by atoms with van der Waals surface area (Å²) in [4.78, 5) is 0. The molecule has 0 fully saturated rings. The van der Waals surface area contributed by atoms with Gasteiger partial charge in [-0.1, -0.05) is 0 Å². The van der Waals surface area contributed by atoms with Crippen LogP contribution in [0.4, 0.5) is 0 Å². The minimum absolute atomic E-state index is 0.364. The van der Waals surface area contributed by atoms with Crippen molar-refractivity contribution in [1.82, 2.24) is 0 Å². The van der Waals surface area contributed by atoms with E-state index >= 15 is 0 Å². The van der Waals surface area contributed by atoms with Gasteiger partial charge in [0, 0.05) is 0 Å². The molecule has 2 N–H and O–H groups in total. The molecule has 0 saturated carbocycles. The fraction of sp³-hybridized carbons (Fsp3) is 0. The standard InChI is InChI=1S/C4H4O2Te/c5-3-1-2-4(6)7-3/h1-2,5-6H. The zero-order valence-electron chi connectivity index (χ0n) is 3.46. The summed E-state index contributed by atoms with van der Waals surface area (Å²) in [5.74, 6) is 0. The van der Waals surface area contributed by atoms with Crippen LogP contribution in [0.5, 0.6) is 7.53 Å². The van der Waals surface area contributed by atoms with Crippen molar-refractivity contribution in [3.63, 3.8) is 0 Å². The van der Waals surface area contributed by atoms with Crippen LogP contribution >= 0.6 is 0 Å². The van der Waals surface area contributed by atoms with E-state index in [-0.39, 0.29) is 0 Å². The first-order chi connectivity index (χ1) is 3.29. The summed E-state index contributed by atoms with van der Waals surface area (Å²) < 4.78 is 0.728. The van der Waals surface area contributed by atoms with Crippen molar-refractivity contribution in [2.24, 2.45) is 0 Å². The summed E-state index contributed by atoms with van der Waals surface area (Å²) in [5.41, 5.74) is 0. The number of hydrogen-bond acceptors (Lipinski definition) is 2. The second kappa shape index (κ2) is 1.77.